The molecule has 3 aromatic heterocycles. The van der Waals surface area contributed by atoms with Crippen LogP contribution in [0.15, 0.2) is 34.6 Å². The Morgan fingerprint density at radius 1 is 1.20 bits per heavy atom. The third kappa shape index (κ3) is 5.97. The summed E-state index contributed by atoms with van der Waals surface area (Å²) in [6.07, 6.45) is 7.42. The number of thiazole rings is 1. The molecule has 1 aliphatic heterocycles. The van der Waals surface area contributed by atoms with Gasteiger partial charge in [-0.25, -0.2) is 29.7 Å². The average molecular weight is 518 g/mol. The van der Waals surface area contributed by atoms with Gasteiger partial charge in [0.15, 0.2) is 0 Å². The number of piperidine rings is 1. The highest BCUT2D eigenvalue weighted by Gasteiger charge is 2.32. The largest absolute Gasteiger partial charge is 0.444 e. The van der Waals surface area contributed by atoms with Gasteiger partial charge in [0.25, 0.3) is 5.91 Å². The number of oxazole rings is 1. The monoisotopic (exact) mass is 517 g/mol. The van der Waals surface area contributed by atoms with E-state index in [0.29, 0.717) is 48.7 Å². The van der Waals surface area contributed by atoms with E-state index in [9.17, 15) is 9.59 Å². The lowest BCUT2D eigenvalue weighted by Crippen LogP contribution is -2.41. The third-order valence-electron chi connectivity index (χ3n) is 5.53. The average Bonchev–Trinajstić information content (AvgIpc) is 3.56. The second-order valence-corrected chi connectivity index (χ2v) is 10.8. The molecule has 0 saturated carbocycles. The zero-order chi connectivity index (χ0) is 25.0. The maximum Gasteiger partial charge on any atom is 0.277 e. The van der Waals surface area contributed by atoms with Crippen LogP contribution in [0.1, 0.15) is 55.6 Å². The first kappa shape index (κ1) is 25.1. The van der Waals surface area contributed by atoms with Gasteiger partial charge >= 0.3 is 0 Å². The highest BCUT2D eigenvalue weighted by atomic mass is 32.2. The lowest BCUT2D eigenvalue weighted by molar-refractivity contribution is -0.121. The van der Waals surface area contributed by atoms with E-state index in [1.54, 1.807) is 22.2 Å². The Bertz CT molecular complexity index is 1140. The van der Waals surface area contributed by atoms with Crippen LogP contribution in [0.4, 0.5) is 11.1 Å². The summed E-state index contributed by atoms with van der Waals surface area (Å²) in [6.45, 7) is 7.40. The summed E-state index contributed by atoms with van der Waals surface area (Å²) in [5.74, 6) is 1.44. The van der Waals surface area contributed by atoms with Crippen LogP contribution in [-0.2, 0) is 16.0 Å². The van der Waals surface area contributed by atoms with Crippen molar-refractivity contribution in [3.05, 3.63) is 47.4 Å². The molecule has 0 aromatic carbocycles. The number of hydroxylamine groups is 1. The molecule has 35 heavy (non-hydrogen) atoms. The van der Waals surface area contributed by atoms with E-state index in [2.05, 4.69) is 40.7 Å². The summed E-state index contributed by atoms with van der Waals surface area (Å²) in [6, 6.07) is 0. The van der Waals surface area contributed by atoms with Crippen LogP contribution in [-0.4, -0.2) is 50.0 Å². The van der Waals surface area contributed by atoms with Crippen LogP contribution in [0.5, 0.6) is 0 Å². The lowest BCUT2D eigenvalue weighted by Gasteiger charge is -2.33. The number of rotatable bonds is 7. The first-order chi connectivity index (χ1) is 16.8. The van der Waals surface area contributed by atoms with E-state index < -0.39 is 5.91 Å². The predicted molar refractivity (Wildman–Crippen MR) is 132 cm³/mol. The Balaban J connectivity index is 1.38. The van der Waals surface area contributed by atoms with Crippen molar-refractivity contribution in [2.24, 2.45) is 5.92 Å². The van der Waals surface area contributed by atoms with Gasteiger partial charge in [-0.2, -0.15) is 0 Å². The molecule has 1 saturated heterocycles. The minimum Gasteiger partial charge on any atom is -0.444 e. The molecule has 186 valence electrons. The van der Waals surface area contributed by atoms with E-state index in [1.807, 2.05) is 10.3 Å². The van der Waals surface area contributed by atoms with Gasteiger partial charge in [-0.15, -0.1) is 11.3 Å². The number of hydrogen-bond acceptors (Lipinski definition) is 11. The minimum absolute atomic E-state index is 0.00286. The summed E-state index contributed by atoms with van der Waals surface area (Å²) in [7, 11) is 0. The number of anilines is 2. The fraction of sp³-hybridized carbons (Fsp3) is 0.455. The van der Waals surface area contributed by atoms with Crippen LogP contribution in [0, 0.1) is 5.92 Å². The van der Waals surface area contributed by atoms with Gasteiger partial charge in [-0.1, -0.05) is 20.8 Å². The molecule has 2 amide bonds. The van der Waals surface area contributed by atoms with Crippen molar-refractivity contribution in [1.82, 2.24) is 25.4 Å². The Morgan fingerprint density at radius 3 is 2.49 bits per heavy atom. The predicted octanol–water partition coefficient (Wildman–Crippen LogP) is 3.44. The zero-order valence-corrected chi connectivity index (χ0v) is 21.3. The number of nitrogens with one attached hydrogen (secondary N) is 1. The molecule has 1 aliphatic rings. The maximum absolute atomic E-state index is 13.5. The van der Waals surface area contributed by atoms with Crippen molar-refractivity contribution >= 4 is 46.2 Å². The standard InChI is InChI=1S/C22H27N7O4S2/c1-22(2,3)16-12-24-17(33-16)13-35-29(21-23-6-9-34-21)19(31)14-4-7-28(8-5-14)20-25-10-15(11-26-20)18(30)27-32/h6,9-12,14,32H,4-5,7-8,13H2,1-3H3,(H,27,30). The molecule has 1 fully saturated rings. The van der Waals surface area contributed by atoms with Gasteiger partial charge in [-0.05, 0) is 24.8 Å². The molecule has 2 N–H and O–H groups in total. The number of aromatic nitrogens is 4. The summed E-state index contributed by atoms with van der Waals surface area (Å²) in [5.41, 5.74) is 1.59. The quantitative estimate of drug-likeness (QED) is 0.272. The minimum atomic E-state index is -0.667. The number of hydrogen-bond donors (Lipinski definition) is 2. The normalized spacial score (nSPS) is 14.7. The molecule has 0 unspecified atom stereocenters. The van der Waals surface area contributed by atoms with E-state index >= 15 is 0 Å². The van der Waals surface area contributed by atoms with E-state index in [1.165, 1.54) is 35.7 Å². The van der Waals surface area contributed by atoms with Crippen molar-refractivity contribution in [1.29, 1.82) is 0 Å². The van der Waals surface area contributed by atoms with Gasteiger partial charge in [0.05, 0.1) is 17.5 Å². The van der Waals surface area contributed by atoms with Gasteiger partial charge in [0.1, 0.15) is 5.76 Å². The highest BCUT2D eigenvalue weighted by molar-refractivity contribution is 8.00. The topological polar surface area (TPSA) is 138 Å². The molecule has 0 atom stereocenters. The summed E-state index contributed by atoms with van der Waals surface area (Å²) < 4.78 is 7.55. The van der Waals surface area contributed by atoms with Gasteiger partial charge in [0, 0.05) is 48.4 Å². The van der Waals surface area contributed by atoms with E-state index in [-0.39, 0.29) is 22.8 Å². The summed E-state index contributed by atoms with van der Waals surface area (Å²) >= 11 is 2.75. The number of amides is 2. The van der Waals surface area contributed by atoms with E-state index in [4.69, 9.17) is 9.62 Å². The number of nitrogens with zero attached hydrogens (tertiary/aromatic N) is 6. The molecule has 0 radical (unpaired) electrons. The smallest absolute Gasteiger partial charge is 0.277 e. The molecular weight excluding hydrogens is 490 g/mol. The van der Waals surface area contributed by atoms with Crippen molar-refractivity contribution in [3.8, 4) is 0 Å². The second kappa shape index (κ2) is 10.7. The van der Waals surface area contributed by atoms with Crippen LogP contribution in [0.3, 0.4) is 0 Å². The first-order valence-corrected chi connectivity index (χ1v) is 12.9. The van der Waals surface area contributed by atoms with Crippen molar-refractivity contribution in [2.45, 2.75) is 44.8 Å². The van der Waals surface area contributed by atoms with Gasteiger partial charge in [-0.3, -0.25) is 14.8 Å². The Kier molecular flexibility index (Phi) is 7.67. The summed E-state index contributed by atoms with van der Waals surface area (Å²) in [4.78, 5) is 44.1. The summed E-state index contributed by atoms with van der Waals surface area (Å²) in [5, 5.41) is 11.2. The van der Waals surface area contributed by atoms with Crippen LogP contribution in [0.25, 0.3) is 0 Å². The van der Waals surface area contributed by atoms with Crippen molar-refractivity contribution in [2.75, 3.05) is 22.3 Å². The molecular formula is C22H27N7O4S2. The maximum atomic E-state index is 13.5. The zero-order valence-electron chi connectivity index (χ0n) is 19.7. The SMILES string of the molecule is CC(C)(C)c1cnc(CSN(C(=O)C2CCN(c3ncc(C(=O)NO)cn3)CC2)c2nccs2)o1. The second-order valence-electron chi connectivity index (χ2n) is 9.06. The lowest BCUT2D eigenvalue weighted by atomic mass is 9.94. The Morgan fingerprint density at radius 2 is 1.91 bits per heavy atom. The number of carbonyl (C=O) groups is 2. The van der Waals surface area contributed by atoms with E-state index in [0.717, 1.165) is 5.76 Å². The molecule has 4 rings (SSSR count). The van der Waals surface area contributed by atoms with Gasteiger partial charge < -0.3 is 9.32 Å². The fourth-order valence-corrected chi connectivity index (χ4v) is 5.18. The Hall–Kier alpha value is -3.03. The van der Waals surface area contributed by atoms with Crippen LogP contribution in [0.2, 0.25) is 0 Å². The Labute approximate surface area is 211 Å². The number of carbonyl (C=O) groups excluding carboxylic acids is 2. The fourth-order valence-electron chi connectivity index (χ4n) is 3.53. The van der Waals surface area contributed by atoms with Crippen LogP contribution < -0.4 is 14.7 Å². The molecule has 13 heteroatoms. The molecule has 0 spiro atoms. The molecule has 4 heterocycles. The molecule has 3 aromatic rings. The highest BCUT2D eigenvalue weighted by Crippen LogP contribution is 2.33. The van der Waals surface area contributed by atoms with Gasteiger partial charge in [0.2, 0.25) is 22.9 Å². The van der Waals surface area contributed by atoms with Crippen molar-refractivity contribution in [3.63, 3.8) is 0 Å². The van der Waals surface area contributed by atoms with Crippen LogP contribution >= 0.6 is 23.3 Å². The first-order valence-electron chi connectivity index (χ1n) is 11.1. The molecule has 0 aliphatic carbocycles. The molecule has 11 nitrogen and oxygen atoms in total. The van der Waals surface area contributed by atoms with Crippen molar-refractivity contribution < 1.29 is 19.2 Å². The molecule has 0 bridgehead atoms. The third-order valence-corrected chi connectivity index (χ3v) is 7.39.